The van der Waals surface area contributed by atoms with E-state index in [-0.39, 0.29) is 5.91 Å². The van der Waals surface area contributed by atoms with E-state index in [0.717, 1.165) is 22.5 Å². The quantitative estimate of drug-likeness (QED) is 0.786. The number of aromatic nitrogens is 4. The van der Waals surface area contributed by atoms with Crippen LogP contribution in [0.15, 0.2) is 42.9 Å². The molecule has 1 amide bonds. The van der Waals surface area contributed by atoms with Crippen LogP contribution in [-0.2, 0) is 13.1 Å². The van der Waals surface area contributed by atoms with Crippen LogP contribution in [0.2, 0.25) is 0 Å². The molecular formula is C16H15N5O. The van der Waals surface area contributed by atoms with Crippen molar-refractivity contribution >= 4 is 11.6 Å². The molecule has 0 radical (unpaired) electrons. The summed E-state index contributed by atoms with van der Waals surface area (Å²) < 4.78 is 3.80. The molecule has 0 bridgehead atoms. The van der Waals surface area contributed by atoms with Gasteiger partial charge in [-0.05, 0) is 30.2 Å². The number of fused-ring (bicyclic) bond motifs is 2. The number of carbonyl (C=O) groups is 1. The Balaban J connectivity index is 1.68. The largest absolute Gasteiger partial charge is 0.322 e. The zero-order chi connectivity index (χ0) is 15.1. The van der Waals surface area contributed by atoms with Gasteiger partial charge in [-0.2, -0.15) is 5.10 Å². The van der Waals surface area contributed by atoms with Crippen molar-refractivity contribution in [1.82, 2.24) is 19.3 Å². The van der Waals surface area contributed by atoms with Crippen LogP contribution < -0.4 is 5.32 Å². The molecule has 0 fully saturated rings. The first-order valence-corrected chi connectivity index (χ1v) is 7.13. The lowest BCUT2D eigenvalue weighted by molar-refractivity contribution is 0.101. The van der Waals surface area contributed by atoms with Gasteiger partial charge in [-0.3, -0.25) is 9.48 Å². The minimum Gasteiger partial charge on any atom is -0.322 e. The van der Waals surface area contributed by atoms with Crippen molar-refractivity contribution in [2.24, 2.45) is 0 Å². The lowest BCUT2D eigenvalue weighted by Gasteiger charge is -2.10. The predicted molar refractivity (Wildman–Crippen MR) is 81.8 cm³/mol. The number of amides is 1. The summed E-state index contributed by atoms with van der Waals surface area (Å²) in [5.74, 6) is 0.275. The molecule has 1 aromatic carbocycles. The number of anilines is 1. The summed E-state index contributed by atoms with van der Waals surface area (Å²) in [5, 5.41) is 7.24. The number of benzene rings is 1. The van der Waals surface area contributed by atoms with Crippen molar-refractivity contribution in [1.29, 1.82) is 0 Å². The van der Waals surface area contributed by atoms with Crippen LogP contribution in [0.3, 0.4) is 0 Å². The maximum absolute atomic E-state index is 12.2. The molecular weight excluding hydrogens is 278 g/mol. The highest BCUT2D eigenvalue weighted by Crippen LogP contribution is 2.23. The first kappa shape index (κ1) is 12.8. The number of imidazole rings is 1. The monoisotopic (exact) mass is 293 g/mol. The molecule has 1 aliphatic rings. The molecule has 0 aliphatic carbocycles. The minimum absolute atomic E-state index is 0.170. The predicted octanol–water partition coefficient (Wildman–Crippen LogP) is 2.05. The normalized spacial score (nSPS) is 13.2. The van der Waals surface area contributed by atoms with Gasteiger partial charge < -0.3 is 9.88 Å². The molecule has 1 aliphatic heterocycles. The van der Waals surface area contributed by atoms with Crippen molar-refractivity contribution < 1.29 is 4.79 Å². The van der Waals surface area contributed by atoms with Crippen molar-refractivity contribution in [3.63, 3.8) is 0 Å². The van der Waals surface area contributed by atoms with Gasteiger partial charge in [0.05, 0.1) is 13.1 Å². The van der Waals surface area contributed by atoms with Crippen LogP contribution in [-0.4, -0.2) is 25.2 Å². The number of nitrogens with one attached hydrogen (secondary N) is 1. The number of nitrogens with zero attached hydrogens (tertiary/aromatic N) is 4. The van der Waals surface area contributed by atoms with Gasteiger partial charge in [0, 0.05) is 30.0 Å². The molecule has 4 rings (SSSR count). The van der Waals surface area contributed by atoms with E-state index in [1.165, 1.54) is 0 Å². The second kappa shape index (κ2) is 4.84. The zero-order valence-electron chi connectivity index (χ0n) is 12.2. The number of hydrogen-bond donors (Lipinski definition) is 1. The van der Waals surface area contributed by atoms with Gasteiger partial charge in [0.2, 0.25) is 0 Å². The van der Waals surface area contributed by atoms with E-state index < -0.39 is 0 Å². The van der Waals surface area contributed by atoms with E-state index in [2.05, 4.69) is 27.5 Å². The average molecular weight is 293 g/mol. The van der Waals surface area contributed by atoms with E-state index >= 15 is 0 Å². The van der Waals surface area contributed by atoms with Crippen molar-refractivity contribution in [3.05, 3.63) is 65.5 Å². The van der Waals surface area contributed by atoms with Gasteiger partial charge in [0.25, 0.3) is 5.91 Å². The topological polar surface area (TPSA) is 64.7 Å². The minimum atomic E-state index is -0.170. The summed E-state index contributed by atoms with van der Waals surface area (Å²) in [6, 6.07) is 8.12. The summed E-state index contributed by atoms with van der Waals surface area (Å²) in [6.45, 7) is 3.36. The molecule has 3 aromatic rings. The maximum Gasteiger partial charge on any atom is 0.291 e. The van der Waals surface area contributed by atoms with Crippen LogP contribution in [0.25, 0.3) is 0 Å². The summed E-state index contributed by atoms with van der Waals surface area (Å²) in [5.41, 5.74) is 4.13. The smallest absolute Gasteiger partial charge is 0.291 e. The molecule has 6 nitrogen and oxygen atoms in total. The molecule has 1 N–H and O–H groups in total. The third kappa shape index (κ3) is 2.09. The highest BCUT2D eigenvalue weighted by Gasteiger charge is 2.20. The summed E-state index contributed by atoms with van der Waals surface area (Å²) in [4.78, 5) is 16.3. The Morgan fingerprint density at radius 2 is 2.18 bits per heavy atom. The third-order valence-corrected chi connectivity index (χ3v) is 3.94. The highest BCUT2D eigenvalue weighted by molar-refractivity contribution is 6.03. The molecule has 110 valence electrons. The van der Waals surface area contributed by atoms with E-state index in [1.54, 1.807) is 12.4 Å². The molecule has 22 heavy (non-hydrogen) atoms. The fraction of sp³-hybridized carbons (Fsp3) is 0.188. The molecule has 2 aromatic heterocycles. The first-order valence-electron chi connectivity index (χ1n) is 7.13. The van der Waals surface area contributed by atoms with E-state index in [1.807, 2.05) is 34.5 Å². The number of hydrogen-bond acceptors (Lipinski definition) is 3. The molecule has 0 atom stereocenters. The fourth-order valence-electron chi connectivity index (χ4n) is 2.72. The zero-order valence-corrected chi connectivity index (χ0v) is 12.2. The number of rotatable bonds is 2. The maximum atomic E-state index is 12.2. The van der Waals surface area contributed by atoms with Gasteiger partial charge in [0.1, 0.15) is 0 Å². The van der Waals surface area contributed by atoms with Crippen LogP contribution in [0.1, 0.15) is 27.4 Å². The molecule has 0 spiro atoms. The van der Waals surface area contributed by atoms with Gasteiger partial charge in [-0.1, -0.05) is 12.1 Å². The Morgan fingerprint density at radius 3 is 3.00 bits per heavy atom. The van der Waals surface area contributed by atoms with E-state index in [9.17, 15) is 4.79 Å². The molecule has 0 saturated heterocycles. The number of aryl methyl sites for hydroxylation is 1. The third-order valence-electron chi connectivity index (χ3n) is 3.94. The molecule has 0 saturated carbocycles. The van der Waals surface area contributed by atoms with Crippen molar-refractivity contribution in [3.8, 4) is 0 Å². The Bertz CT molecular complexity index is 861. The van der Waals surface area contributed by atoms with Gasteiger partial charge in [-0.25, -0.2) is 4.98 Å². The van der Waals surface area contributed by atoms with Crippen molar-refractivity contribution in [2.75, 3.05) is 5.32 Å². The molecule has 6 heteroatoms. The second-order valence-corrected chi connectivity index (χ2v) is 5.45. The Morgan fingerprint density at radius 1 is 1.27 bits per heavy atom. The van der Waals surface area contributed by atoms with E-state index in [4.69, 9.17) is 0 Å². The average Bonchev–Trinajstić information content (AvgIpc) is 3.09. The first-order chi connectivity index (χ1) is 10.7. The van der Waals surface area contributed by atoms with Gasteiger partial charge >= 0.3 is 0 Å². The summed E-state index contributed by atoms with van der Waals surface area (Å²) in [7, 11) is 0. The fourth-order valence-corrected chi connectivity index (χ4v) is 2.72. The molecule has 3 heterocycles. The van der Waals surface area contributed by atoms with Gasteiger partial charge in [-0.15, -0.1) is 0 Å². The Hall–Kier alpha value is -2.89. The second-order valence-electron chi connectivity index (χ2n) is 5.45. The van der Waals surface area contributed by atoms with Crippen molar-refractivity contribution in [2.45, 2.75) is 20.0 Å². The van der Waals surface area contributed by atoms with Crippen LogP contribution >= 0.6 is 0 Å². The highest BCUT2D eigenvalue weighted by atomic mass is 16.2. The van der Waals surface area contributed by atoms with Crippen LogP contribution in [0.5, 0.6) is 0 Å². The molecule has 0 unspecified atom stereocenters. The Labute approximate surface area is 127 Å². The lowest BCUT2D eigenvalue weighted by Crippen LogP contribution is -2.14. The summed E-state index contributed by atoms with van der Waals surface area (Å²) >= 11 is 0. The SMILES string of the molecule is Cc1ccnn1Cc1ccc2c(c1)NC(=O)c1nccn1C2. The van der Waals surface area contributed by atoms with E-state index in [0.29, 0.717) is 18.9 Å². The van der Waals surface area contributed by atoms with Crippen LogP contribution in [0, 0.1) is 6.92 Å². The Kier molecular flexibility index (Phi) is 2.82. The lowest BCUT2D eigenvalue weighted by atomic mass is 10.1. The number of carbonyl (C=O) groups excluding carboxylic acids is 1. The summed E-state index contributed by atoms with van der Waals surface area (Å²) in [6.07, 6.45) is 5.26. The van der Waals surface area contributed by atoms with Crippen LogP contribution in [0.4, 0.5) is 5.69 Å². The standard InChI is InChI=1S/C16H15N5O/c1-11-4-5-18-21(11)9-12-2-3-13-10-20-7-6-17-15(20)16(22)19-14(13)8-12/h2-8H,9-10H2,1H3,(H,19,22). The van der Waals surface area contributed by atoms with Gasteiger partial charge in [0.15, 0.2) is 5.82 Å².